The lowest BCUT2D eigenvalue weighted by Crippen LogP contribution is -2.14. The van der Waals surface area contributed by atoms with E-state index in [0.717, 1.165) is 0 Å². The van der Waals surface area contributed by atoms with Crippen LogP contribution in [0.2, 0.25) is 0 Å². The first-order chi connectivity index (χ1) is 16.1. The second-order valence-corrected chi connectivity index (χ2v) is 7.12. The number of anilines is 3. The summed E-state index contributed by atoms with van der Waals surface area (Å²) in [6, 6.07) is 25.5. The largest absolute Gasteiger partial charge is 0.322 e. The molecule has 0 spiro atoms. The van der Waals surface area contributed by atoms with Crippen molar-refractivity contribution in [2.75, 3.05) is 16.0 Å². The van der Waals surface area contributed by atoms with Gasteiger partial charge < -0.3 is 16.0 Å². The molecule has 7 nitrogen and oxygen atoms in total. The van der Waals surface area contributed by atoms with Gasteiger partial charge >= 0.3 is 0 Å². The molecule has 0 aliphatic heterocycles. The van der Waals surface area contributed by atoms with Crippen LogP contribution in [0.4, 0.5) is 17.1 Å². The van der Waals surface area contributed by atoms with Crippen molar-refractivity contribution in [3.05, 3.63) is 120 Å². The number of hydrogen-bond acceptors (Lipinski definition) is 4. The molecule has 0 aliphatic rings. The summed E-state index contributed by atoms with van der Waals surface area (Å²) in [5.41, 5.74) is 3.19. The number of carbonyl (C=O) groups excluding carboxylic acids is 3. The average molecular weight is 436 g/mol. The molecule has 4 rings (SSSR count). The zero-order chi connectivity index (χ0) is 23.0. The van der Waals surface area contributed by atoms with Gasteiger partial charge in [0.2, 0.25) is 0 Å². The van der Waals surface area contributed by atoms with Crippen LogP contribution in [0.15, 0.2) is 103 Å². The highest BCUT2D eigenvalue weighted by molar-refractivity contribution is 6.07. The average Bonchev–Trinajstić information content (AvgIpc) is 2.86. The van der Waals surface area contributed by atoms with Crippen LogP contribution in [-0.2, 0) is 0 Å². The number of amides is 3. The molecule has 33 heavy (non-hydrogen) atoms. The lowest BCUT2D eigenvalue weighted by Gasteiger charge is -2.09. The van der Waals surface area contributed by atoms with Crippen molar-refractivity contribution in [2.45, 2.75) is 0 Å². The van der Waals surface area contributed by atoms with Gasteiger partial charge in [-0.25, -0.2) is 0 Å². The zero-order valence-electron chi connectivity index (χ0n) is 17.5. The molecular formula is C26H20N4O3. The van der Waals surface area contributed by atoms with E-state index in [9.17, 15) is 14.4 Å². The molecular weight excluding hydrogens is 416 g/mol. The number of nitrogens with one attached hydrogen (secondary N) is 3. The molecule has 7 heteroatoms. The Kier molecular flexibility index (Phi) is 6.51. The van der Waals surface area contributed by atoms with Gasteiger partial charge in [0.1, 0.15) is 0 Å². The van der Waals surface area contributed by atoms with Crippen molar-refractivity contribution in [2.24, 2.45) is 0 Å². The molecule has 3 amide bonds. The molecule has 0 atom stereocenters. The molecule has 1 aromatic heterocycles. The van der Waals surface area contributed by atoms with Crippen LogP contribution < -0.4 is 16.0 Å². The van der Waals surface area contributed by atoms with E-state index in [1.807, 2.05) is 6.07 Å². The van der Waals surface area contributed by atoms with E-state index < -0.39 is 0 Å². The quantitative estimate of drug-likeness (QED) is 0.403. The third-order valence-corrected chi connectivity index (χ3v) is 4.77. The standard InChI is InChI=1S/C26H20N4O3/c31-24(18-5-2-1-3-6-18)28-21-12-8-19(9-13-21)25(32)29-22-14-10-20(11-15-22)26(33)30-23-7-4-16-27-17-23/h1-17H,(H,28,31)(H,29,32)(H,30,33). The Balaban J connectivity index is 1.34. The number of aromatic nitrogens is 1. The maximum atomic E-state index is 12.5. The van der Waals surface area contributed by atoms with Crippen molar-refractivity contribution in [1.82, 2.24) is 4.98 Å². The molecule has 0 unspecified atom stereocenters. The Bertz CT molecular complexity index is 1260. The fourth-order valence-corrected chi connectivity index (χ4v) is 3.05. The molecule has 0 aliphatic carbocycles. The molecule has 0 bridgehead atoms. The summed E-state index contributed by atoms with van der Waals surface area (Å²) in [5, 5.41) is 8.34. The van der Waals surface area contributed by atoms with Crippen LogP contribution in [0.1, 0.15) is 31.1 Å². The zero-order valence-corrected chi connectivity index (χ0v) is 17.5. The predicted octanol–water partition coefficient (Wildman–Crippen LogP) is 4.84. The second-order valence-electron chi connectivity index (χ2n) is 7.12. The van der Waals surface area contributed by atoms with Crippen LogP contribution in [-0.4, -0.2) is 22.7 Å². The highest BCUT2D eigenvalue weighted by Crippen LogP contribution is 2.15. The molecule has 3 aromatic carbocycles. The SMILES string of the molecule is O=C(Nc1ccc(C(=O)Nc2ccc(C(=O)Nc3cccnc3)cc2)cc1)c1ccccc1. The number of rotatable bonds is 6. The van der Waals surface area contributed by atoms with Crippen molar-refractivity contribution >= 4 is 34.8 Å². The number of pyridine rings is 1. The molecule has 0 fully saturated rings. The Hall–Kier alpha value is -4.78. The minimum atomic E-state index is -0.302. The first-order valence-electron chi connectivity index (χ1n) is 10.2. The smallest absolute Gasteiger partial charge is 0.255 e. The molecule has 0 radical (unpaired) electrons. The predicted molar refractivity (Wildman–Crippen MR) is 127 cm³/mol. The third kappa shape index (κ3) is 5.68. The molecule has 0 saturated carbocycles. The summed E-state index contributed by atoms with van der Waals surface area (Å²) in [6.07, 6.45) is 3.19. The van der Waals surface area contributed by atoms with Gasteiger partial charge in [0, 0.05) is 34.3 Å². The van der Waals surface area contributed by atoms with E-state index in [1.165, 1.54) is 0 Å². The summed E-state index contributed by atoms with van der Waals surface area (Å²) in [7, 11) is 0. The van der Waals surface area contributed by atoms with Gasteiger partial charge in [-0.15, -0.1) is 0 Å². The minimum absolute atomic E-state index is 0.222. The maximum Gasteiger partial charge on any atom is 0.255 e. The third-order valence-electron chi connectivity index (χ3n) is 4.77. The van der Waals surface area contributed by atoms with Gasteiger partial charge in [-0.3, -0.25) is 19.4 Å². The van der Waals surface area contributed by atoms with Crippen LogP contribution >= 0.6 is 0 Å². The van der Waals surface area contributed by atoms with E-state index in [4.69, 9.17) is 0 Å². The van der Waals surface area contributed by atoms with E-state index in [1.54, 1.807) is 97.3 Å². The van der Waals surface area contributed by atoms with Gasteiger partial charge in [0.05, 0.1) is 11.9 Å². The van der Waals surface area contributed by atoms with Crippen molar-refractivity contribution in [1.29, 1.82) is 0 Å². The molecule has 162 valence electrons. The van der Waals surface area contributed by atoms with Crippen LogP contribution in [0.3, 0.4) is 0 Å². The Morgan fingerprint density at radius 1 is 0.485 bits per heavy atom. The number of benzene rings is 3. The van der Waals surface area contributed by atoms with Gasteiger partial charge in [-0.1, -0.05) is 18.2 Å². The van der Waals surface area contributed by atoms with E-state index in [-0.39, 0.29) is 17.7 Å². The van der Waals surface area contributed by atoms with Crippen molar-refractivity contribution in [3.63, 3.8) is 0 Å². The fraction of sp³-hybridized carbons (Fsp3) is 0. The minimum Gasteiger partial charge on any atom is -0.322 e. The number of hydrogen-bond donors (Lipinski definition) is 3. The lowest BCUT2D eigenvalue weighted by molar-refractivity contribution is 0.101. The molecule has 4 aromatic rings. The highest BCUT2D eigenvalue weighted by atomic mass is 16.2. The van der Waals surface area contributed by atoms with Crippen LogP contribution in [0, 0.1) is 0 Å². The van der Waals surface area contributed by atoms with Gasteiger partial charge in [0.25, 0.3) is 17.7 Å². The fourth-order valence-electron chi connectivity index (χ4n) is 3.05. The summed E-state index contributed by atoms with van der Waals surface area (Å²) in [4.78, 5) is 41.0. The van der Waals surface area contributed by atoms with E-state index in [0.29, 0.717) is 33.8 Å². The molecule has 3 N–H and O–H groups in total. The second kappa shape index (κ2) is 10.0. The van der Waals surface area contributed by atoms with Crippen LogP contribution in [0.25, 0.3) is 0 Å². The number of carbonyl (C=O) groups is 3. The first kappa shape index (κ1) is 21.5. The Morgan fingerprint density at radius 3 is 1.39 bits per heavy atom. The van der Waals surface area contributed by atoms with Crippen LogP contribution in [0.5, 0.6) is 0 Å². The summed E-state index contributed by atoms with van der Waals surface area (Å²) >= 11 is 0. The summed E-state index contributed by atoms with van der Waals surface area (Å²) in [6.45, 7) is 0. The Morgan fingerprint density at radius 2 is 0.939 bits per heavy atom. The summed E-state index contributed by atoms with van der Waals surface area (Å²) in [5.74, 6) is -0.794. The normalized spacial score (nSPS) is 10.2. The first-order valence-corrected chi connectivity index (χ1v) is 10.2. The molecule has 1 heterocycles. The lowest BCUT2D eigenvalue weighted by atomic mass is 10.1. The highest BCUT2D eigenvalue weighted by Gasteiger charge is 2.10. The van der Waals surface area contributed by atoms with E-state index in [2.05, 4.69) is 20.9 Å². The van der Waals surface area contributed by atoms with Crippen molar-refractivity contribution in [3.8, 4) is 0 Å². The topological polar surface area (TPSA) is 100 Å². The van der Waals surface area contributed by atoms with Gasteiger partial charge in [-0.05, 0) is 72.8 Å². The monoisotopic (exact) mass is 436 g/mol. The maximum absolute atomic E-state index is 12.5. The Labute approximate surface area is 190 Å². The van der Waals surface area contributed by atoms with Gasteiger partial charge in [0.15, 0.2) is 0 Å². The number of nitrogens with zero attached hydrogens (tertiary/aromatic N) is 1. The summed E-state index contributed by atoms with van der Waals surface area (Å²) < 4.78 is 0. The van der Waals surface area contributed by atoms with E-state index >= 15 is 0 Å². The van der Waals surface area contributed by atoms with Gasteiger partial charge in [-0.2, -0.15) is 0 Å². The van der Waals surface area contributed by atoms with Crippen molar-refractivity contribution < 1.29 is 14.4 Å². The molecule has 0 saturated heterocycles.